The number of benzene rings is 1. The molecule has 0 spiro atoms. The summed E-state index contributed by atoms with van der Waals surface area (Å²) in [5.41, 5.74) is 4.25. The molecule has 0 amide bonds. The number of hydrogen-bond donors (Lipinski definition) is 2. The predicted octanol–water partition coefficient (Wildman–Crippen LogP) is 1.80. The van der Waals surface area contributed by atoms with Gasteiger partial charge in [-0.1, -0.05) is 0 Å². The Morgan fingerprint density at radius 3 is 2.56 bits per heavy atom. The minimum absolute atomic E-state index is 0.0580. The summed E-state index contributed by atoms with van der Waals surface area (Å²) in [4.78, 5) is 10.1. The highest BCUT2D eigenvalue weighted by atomic mass is 32.1. The number of thiocarbonyl (C=S) groups is 1. The molecule has 0 saturated carbocycles. The highest BCUT2D eigenvalue weighted by molar-refractivity contribution is 7.80. The van der Waals surface area contributed by atoms with Crippen LogP contribution in [0.5, 0.6) is 0 Å². The van der Waals surface area contributed by atoms with Gasteiger partial charge >= 0.3 is 0 Å². The second-order valence-corrected chi connectivity index (χ2v) is 3.88. The summed E-state index contributed by atoms with van der Waals surface area (Å²) >= 11 is 4.96. The van der Waals surface area contributed by atoms with Gasteiger partial charge in [0.2, 0.25) is 0 Å². The Bertz CT molecular complexity index is 470. The first-order chi connectivity index (χ1) is 8.54. The predicted molar refractivity (Wildman–Crippen MR) is 74.7 cm³/mol. The van der Waals surface area contributed by atoms with Crippen LogP contribution >= 0.6 is 12.2 Å². The highest BCUT2D eigenvalue weighted by Crippen LogP contribution is 2.12. The fraction of sp³-hybridized carbons (Fsp3) is 0.273. The number of non-ortho nitro benzene ring substituents is 1. The van der Waals surface area contributed by atoms with E-state index in [1.165, 1.54) is 12.1 Å². The van der Waals surface area contributed by atoms with E-state index in [0.717, 1.165) is 12.1 Å². The molecule has 0 aliphatic heterocycles. The quantitative estimate of drug-likeness (QED) is 0.376. The fourth-order valence-electron chi connectivity index (χ4n) is 1.22. The molecule has 0 bridgehead atoms. The zero-order valence-corrected chi connectivity index (χ0v) is 11.0. The van der Waals surface area contributed by atoms with Crippen LogP contribution in [-0.2, 0) is 0 Å². The summed E-state index contributed by atoms with van der Waals surface area (Å²) in [5.74, 6) is 0. The van der Waals surface area contributed by atoms with Crippen molar-refractivity contribution in [2.45, 2.75) is 13.8 Å². The molecule has 6 nitrogen and oxygen atoms in total. The van der Waals surface area contributed by atoms with Crippen LogP contribution in [0.3, 0.4) is 0 Å². The second kappa shape index (κ2) is 6.65. The molecule has 0 saturated heterocycles. The van der Waals surface area contributed by atoms with Crippen molar-refractivity contribution >= 4 is 28.7 Å². The average molecular weight is 266 g/mol. The van der Waals surface area contributed by atoms with Gasteiger partial charge in [0.15, 0.2) is 5.11 Å². The molecular weight excluding hydrogens is 252 g/mol. The summed E-state index contributed by atoms with van der Waals surface area (Å²) in [6.45, 7) is 4.45. The van der Waals surface area contributed by atoms with Crippen molar-refractivity contribution in [3.63, 3.8) is 0 Å². The van der Waals surface area contributed by atoms with Crippen molar-refractivity contribution in [3.8, 4) is 0 Å². The van der Waals surface area contributed by atoms with E-state index in [1.807, 2.05) is 6.92 Å². The van der Waals surface area contributed by atoms with Crippen molar-refractivity contribution in [2.24, 2.45) is 5.10 Å². The van der Waals surface area contributed by atoms with Gasteiger partial charge in [0, 0.05) is 18.7 Å². The van der Waals surface area contributed by atoms with Gasteiger partial charge in [-0.3, -0.25) is 15.5 Å². The van der Waals surface area contributed by atoms with Gasteiger partial charge in [-0.25, -0.2) is 0 Å². The topological polar surface area (TPSA) is 79.6 Å². The number of nitrogens with one attached hydrogen (secondary N) is 2. The summed E-state index contributed by atoms with van der Waals surface area (Å²) in [6, 6.07) is 6.18. The van der Waals surface area contributed by atoms with E-state index < -0.39 is 4.92 Å². The molecule has 1 aromatic rings. The maximum absolute atomic E-state index is 10.5. The molecule has 0 atom stereocenters. The average Bonchev–Trinajstić information content (AvgIpc) is 2.36. The fourth-order valence-corrected chi connectivity index (χ4v) is 1.41. The summed E-state index contributed by atoms with van der Waals surface area (Å²) < 4.78 is 0. The van der Waals surface area contributed by atoms with Crippen LogP contribution in [0, 0.1) is 10.1 Å². The molecule has 2 N–H and O–H groups in total. The molecule has 0 unspecified atom stereocenters. The Morgan fingerprint density at radius 2 is 2.06 bits per heavy atom. The highest BCUT2D eigenvalue weighted by Gasteiger charge is 2.05. The van der Waals surface area contributed by atoms with Gasteiger partial charge in [0.05, 0.1) is 10.6 Å². The Balaban J connectivity index is 2.71. The monoisotopic (exact) mass is 266 g/mol. The molecule has 0 aliphatic rings. The molecule has 0 heterocycles. The third kappa shape index (κ3) is 4.10. The minimum Gasteiger partial charge on any atom is -0.362 e. The van der Waals surface area contributed by atoms with E-state index in [1.54, 1.807) is 19.1 Å². The first-order valence-electron chi connectivity index (χ1n) is 5.37. The van der Waals surface area contributed by atoms with E-state index in [9.17, 15) is 10.1 Å². The molecule has 18 heavy (non-hydrogen) atoms. The molecule has 1 aromatic carbocycles. The van der Waals surface area contributed by atoms with E-state index in [0.29, 0.717) is 10.8 Å². The number of nitro groups is 1. The van der Waals surface area contributed by atoms with Gasteiger partial charge < -0.3 is 5.32 Å². The van der Waals surface area contributed by atoms with Gasteiger partial charge in [-0.05, 0) is 43.8 Å². The zero-order valence-electron chi connectivity index (χ0n) is 10.1. The third-order valence-electron chi connectivity index (χ3n) is 2.16. The van der Waals surface area contributed by atoms with Gasteiger partial charge in [-0.15, -0.1) is 0 Å². The van der Waals surface area contributed by atoms with Crippen LogP contribution in [0.4, 0.5) is 5.69 Å². The SMILES string of the molecule is CCNC(=S)NN=C(C)c1ccc([N+](=O)[O-])cc1. The largest absolute Gasteiger partial charge is 0.362 e. The van der Waals surface area contributed by atoms with Crippen LogP contribution < -0.4 is 10.7 Å². The van der Waals surface area contributed by atoms with Crippen LogP contribution in [0.25, 0.3) is 0 Å². The molecule has 0 fully saturated rings. The number of hydrogen-bond acceptors (Lipinski definition) is 4. The maximum atomic E-state index is 10.5. The smallest absolute Gasteiger partial charge is 0.269 e. The normalized spacial score (nSPS) is 10.9. The standard InChI is InChI=1S/C11H14N4O2S/c1-3-12-11(18)14-13-8(2)9-4-6-10(7-5-9)15(16)17/h4-7H,3H2,1-2H3,(H2,12,14,18). The molecular formula is C11H14N4O2S. The van der Waals surface area contributed by atoms with Gasteiger partial charge in [0.1, 0.15) is 0 Å². The van der Waals surface area contributed by atoms with Gasteiger partial charge in [0.25, 0.3) is 5.69 Å². The van der Waals surface area contributed by atoms with E-state index in [2.05, 4.69) is 15.8 Å². The lowest BCUT2D eigenvalue weighted by molar-refractivity contribution is -0.384. The van der Waals surface area contributed by atoms with E-state index >= 15 is 0 Å². The second-order valence-electron chi connectivity index (χ2n) is 3.47. The first kappa shape index (κ1) is 14.0. The molecule has 1 rings (SSSR count). The summed E-state index contributed by atoms with van der Waals surface area (Å²) in [6.07, 6.45) is 0. The van der Waals surface area contributed by atoms with Crippen molar-refractivity contribution in [1.29, 1.82) is 0 Å². The Kier molecular flexibility index (Phi) is 5.19. The van der Waals surface area contributed by atoms with Gasteiger partial charge in [-0.2, -0.15) is 5.10 Å². The van der Waals surface area contributed by atoms with Crippen LogP contribution in [0.15, 0.2) is 29.4 Å². The van der Waals surface area contributed by atoms with Crippen molar-refractivity contribution in [3.05, 3.63) is 39.9 Å². The molecule has 0 aromatic heterocycles. The summed E-state index contributed by atoms with van der Waals surface area (Å²) in [5, 5.41) is 17.9. The van der Waals surface area contributed by atoms with Crippen LogP contribution in [0.2, 0.25) is 0 Å². The number of nitro benzene ring substituents is 1. The lowest BCUT2D eigenvalue weighted by Gasteiger charge is -2.05. The molecule has 7 heteroatoms. The van der Waals surface area contributed by atoms with Crippen LogP contribution in [-0.4, -0.2) is 22.3 Å². The Morgan fingerprint density at radius 1 is 1.44 bits per heavy atom. The zero-order chi connectivity index (χ0) is 13.5. The number of hydrazone groups is 1. The third-order valence-corrected chi connectivity index (χ3v) is 2.39. The molecule has 0 aliphatic carbocycles. The maximum Gasteiger partial charge on any atom is 0.269 e. The first-order valence-corrected chi connectivity index (χ1v) is 5.78. The van der Waals surface area contributed by atoms with E-state index in [4.69, 9.17) is 12.2 Å². The Hall–Kier alpha value is -2.02. The number of rotatable bonds is 4. The summed E-state index contributed by atoms with van der Waals surface area (Å²) in [7, 11) is 0. The van der Waals surface area contributed by atoms with Crippen molar-refractivity contribution in [2.75, 3.05) is 6.54 Å². The Labute approximate surface area is 110 Å². The van der Waals surface area contributed by atoms with Crippen molar-refractivity contribution < 1.29 is 4.92 Å². The lowest BCUT2D eigenvalue weighted by Crippen LogP contribution is -2.32. The van der Waals surface area contributed by atoms with E-state index in [-0.39, 0.29) is 5.69 Å². The van der Waals surface area contributed by atoms with Crippen molar-refractivity contribution in [1.82, 2.24) is 10.7 Å². The molecule has 0 radical (unpaired) electrons. The molecule has 96 valence electrons. The lowest BCUT2D eigenvalue weighted by atomic mass is 10.1. The number of nitrogens with zero attached hydrogens (tertiary/aromatic N) is 2. The minimum atomic E-state index is -0.436. The van der Waals surface area contributed by atoms with Crippen LogP contribution in [0.1, 0.15) is 19.4 Å².